The number of benzene rings is 1. The van der Waals surface area contributed by atoms with E-state index in [0.717, 1.165) is 23.2 Å². The van der Waals surface area contributed by atoms with Gasteiger partial charge in [-0.05, 0) is 61.6 Å². The zero-order valence-corrected chi connectivity index (χ0v) is 15.5. The molecule has 0 unspecified atom stereocenters. The fourth-order valence-electron chi connectivity index (χ4n) is 3.12. The monoisotopic (exact) mass is 380 g/mol. The number of aryl methyl sites for hydroxylation is 2. The van der Waals surface area contributed by atoms with Gasteiger partial charge in [-0.25, -0.2) is 4.39 Å². The molecule has 1 aromatic carbocycles. The van der Waals surface area contributed by atoms with Gasteiger partial charge < -0.3 is 4.90 Å². The Hall–Kier alpha value is -1.65. The Morgan fingerprint density at radius 1 is 1.20 bits per heavy atom. The number of amides is 1. The van der Waals surface area contributed by atoms with Crippen LogP contribution in [0.1, 0.15) is 35.4 Å². The molecule has 132 valence electrons. The Morgan fingerprint density at radius 3 is 2.64 bits per heavy atom. The van der Waals surface area contributed by atoms with Crippen LogP contribution in [0.5, 0.6) is 0 Å². The maximum atomic E-state index is 13.2. The van der Waals surface area contributed by atoms with Crippen molar-refractivity contribution in [3.8, 4) is 0 Å². The normalized spacial score (nSPS) is 13.7. The van der Waals surface area contributed by atoms with Gasteiger partial charge in [0.1, 0.15) is 5.82 Å². The van der Waals surface area contributed by atoms with Crippen LogP contribution in [-0.2, 0) is 24.2 Å². The number of pyridine rings is 1. The molecule has 1 aromatic heterocycles. The van der Waals surface area contributed by atoms with Gasteiger partial charge in [-0.3, -0.25) is 9.78 Å². The number of carbonyl (C=O) groups is 1. The van der Waals surface area contributed by atoms with Gasteiger partial charge in [0.05, 0.1) is 5.69 Å². The Labute approximate surface area is 156 Å². The lowest BCUT2D eigenvalue weighted by Gasteiger charge is -2.30. The summed E-state index contributed by atoms with van der Waals surface area (Å²) in [6, 6.07) is 6.68. The molecule has 6 heteroatoms. The minimum absolute atomic E-state index is 0.0977. The highest BCUT2D eigenvalue weighted by Crippen LogP contribution is 2.32. The Balaban J connectivity index is 1.57. The average Bonchev–Trinajstić information content (AvgIpc) is 2.61. The first-order chi connectivity index (χ1) is 12.0. The molecule has 0 bridgehead atoms. The molecule has 0 saturated heterocycles. The van der Waals surface area contributed by atoms with E-state index in [-0.39, 0.29) is 11.7 Å². The van der Waals surface area contributed by atoms with Gasteiger partial charge in [0.2, 0.25) is 5.91 Å². The van der Waals surface area contributed by atoms with Crippen molar-refractivity contribution in [2.45, 2.75) is 39.2 Å². The summed E-state index contributed by atoms with van der Waals surface area (Å²) < 4.78 is 13.2. The molecule has 1 aliphatic heterocycles. The standard InChI is InChI=1S/C19H19Cl2FN2O/c1-12-18(22)8-5-13(23-12)3-2-4-19(25)24-10-9-14-15(11-24)17(21)7-6-16(14)20/h5-8H,2-4,9-11H2,1H3. The van der Waals surface area contributed by atoms with Gasteiger partial charge in [-0.2, -0.15) is 0 Å². The van der Waals surface area contributed by atoms with Crippen molar-refractivity contribution in [2.75, 3.05) is 6.54 Å². The summed E-state index contributed by atoms with van der Waals surface area (Å²) >= 11 is 12.5. The van der Waals surface area contributed by atoms with Crippen LogP contribution in [0, 0.1) is 12.7 Å². The molecule has 1 amide bonds. The highest BCUT2D eigenvalue weighted by Gasteiger charge is 2.23. The third kappa shape index (κ3) is 4.13. The van der Waals surface area contributed by atoms with Crippen molar-refractivity contribution in [1.82, 2.24) is 9.88 Å². The van der Waals surface area contributed by atoms with Gasteiger partial charge in [0, 0.05) is 35.2 Å². The molecule has 3 rings (SSSR count). The molecule has 2 heterocycles. The Morgan fingerprint density at radius 2 is 1.92 bits per heavy atom. The number of carbonyl (C=O) groups excluding carboxylic acids is 1. The second kappa shape index (κ2) is 7.71. The second-order valence-electron chi connectivity index (χ2n) is 6.27. The second-order valence-corrected chi connectivity index (χ2v) is 7.09. The van der Waals surface area contributed by atoms with E-state index in [1.54, 1.807) is 25.1 Å². The molecule has 0 N–H and O–H groups in total. The smallest absolute Gasteiger partial charge is 0.222 e. The first-order valence-electron chi connectivity index (χ1n) is 8.31. The Bertz CT molecular complexity index is 810. The van der Waals surface area contributed by atoms with E-state index in [4.69, 9.17) is 23.2 Å². The summed E-state index contributed by atoms with van der Waals surface area (Å²) in [5.74, 6) is -0.206. The third-order valence-electron chi connectivity index (χ3n) is 4.55. The summed E-state index contributed by atoms with van der Waals surface area (Å²) in [4.78, 5) is 18.5. The van der Waals surface area contributed by atoms with Crippen LogP contribution in [0.15, 0.2) is 24.3 Å². The van der Waals surface area contributed by atoms with E-state index < -0.39 is 0 Å². The number of rotatable bonds is 4. The quantitative estimate of drug-likeness (QED) is 0.766. The molecule has 1 aliphatic rings. The molecule has 3 nitrogen and oxygen atoms in total. The van der Waals surface area contributed by atoms with Crippen LogP contribution in [0.3, 0.4) is 0 Å². The van der Waals surface area contributed by atoms with Crippen LogP contribution in [0.2, 0.25) is 10.0 Å². The Kier molecular flexibility index (Phi) is 5.60. The fraction of sp³-hybridized carbons (Fsp3) is 0.368. The van der Waals surface area contributed by atoms with Crippen molar-refractivity contribution in [3.63, 3.8) is 0 Å². The molecule has 25 heavy (non-hydrogen) atoms. The van der Waals surface area contributed by atoms with Crippen molar-refractivity contribution in [1.29, 1.82) is 0 Å². The first kappa shape index (κ1) is 18.2. The lowest BCUT2D eigenvalue weighted by Crippen LogP contribution is -2.36. The minimum atomic E-state index is -0.303. The molecule has 0 atom stereocenters. The number of fused-ring (bicyclic) bond motifs is 1. The average molecular weight is 381 g/mol. The summed E-state index contributed by atoms with van der Waals surface area (Å²) in [7, 11) is 0. The number of halogens is 3. The highest BCUT2D eigenvalue weighted by atomic mass is 35.5. The summed E-state index contributed by atoms with van der Waals surface area (Å²) in [6.07, 6.45) is 2.50. The summed E-state index contributed by atoms with van der Waals surface area (Å²) in [6.45, 7) is 2.80. The zero-order chi connectivity index (χ0) is 18.0. The van der Waals surface area contributed by atoms with E-state index in [1.165, 1.54) is 6.07 Å². The number of hydrogen-bond acceptors (Lipinski definition) is 2. The predicted molar refractivity (Wildman–Crippen MR) is 97.5 cm³/mol. The van der Waals surface area contributed by atoms with Crippen molar-refractivity contribution in [2.24, 2.45) is 0 Å². The minimum Gasteiger partial charge on any atom is -0.338 e. The van der Waals surface area contributed by atoms with Gasteiger partial charge in [0.15, 0.2) is 0 Å². The van der Waals surface area contributed by atoms with E-state index in [2.05, 4.69) is 4.98 Å². The molecule has 0 saturated carbocycles. The van der Waals surface area contributed by atoms with Crippen LogP contribution in [0.25, 0.3) is 0 Å². The fourth-order valence-corrected chi connectivity index (χ4v) is 3.63. The van der Waals surface area contributed by atoms with Crippen LogP contribution in [-0.4, -0.2) is 22.3 Å². The molecule has 2 aromatic rings. The number of nitrogens with zero attached hydrogens (tertiary/aromatic N) is 2. The first-order valence-corrected chi connectivity index (χ1v) is 9.07. The van der Waals surface area contributed by atoms with Crippen LogP contribution in [0.4, 0.5) is 4.39 Å². The molecule has 0 fully saturated rings. The van der Waals surface area contributed by atoms with Crippen molar-refractivity contribution < 1.29 is 9.18 Å². The molecular formula is C19H19Cl2FN2O. The van der Waals surface area contributed by atoms with E-state index in [1.807, 2.05) is 4.90 Å². The molecule has 0 radical (unpaired) electrons. The molecular weight excluding hydrogens is 362 g/mol. The SMILES string of the molecule is Cc1nc(CCCC(=O)N2CCc3c(Cl)ccc(Cl)c3C2)ccc1F. The predicted octanol–water partition coefficient (Wildman–Crippen LogP) is 4.74. The van der Waals surface area contributed by atoms with Gasteiger partial charge in [0.25, 0.3) is 0 Å². The van der Waals surface area contributed by atoms with E-state index >= 15 is 0 Å². The van der Waals surface area contributed by atoms with E-state index in [0.29, 0.717) is 48.1 Å². The maximum Gasteiger partial charge on any atom is 0.222 e. The highest BCUT2D eigenvalue weighted by molar-refractivity contribution is 6.34. The van der Waals surface area contributed by atoms with Crippen molar-refractivity contribution >= 4 is 29.1 Å². The van der Waals surface area contributed by atoms with Crippen LogP contribution >= 0.6 is 23.2 Å². The molecule has 0 spiro atoms. The maximum absolute atomic E-state index is 13.2. The topological polar surface area (TPSA) is 33.2 Å². The lowest BCUT2D eigenvalue weighted by molar-refractivity contribution is -0.132. The van der Waals surface area contributed by atoms with E-state index in [9.17, 15) is 9.18 Å². The summed E-state index contributed by atoms with van der Waals surface area (Å²) in [5, 5.41) is 1.37. The zero-order valence-electron chi connectivity index (χ0n) is 14.0. The van der Waals surface area contributed by atoms with Crippen molar-refractivity contribution in [3.05, 3.63) is 62.6 Å². The summed E-state index contributed by atoms with van der Waals surface area (Å²) in [5.41, 5.74) is 3.20. The molecule has 0 aliphatic carbocycles. The largest absolute Gasteiger partial charge is 0.338 e. The third-order valence-corrected chi connectivity index (χ3v) is 5.26. The van der Waals surface area contributed by atoms with Gasteiger partial charge >= 0.3 is 0 Å². The van der Waals surface area contributed by atoms with Crippen LogP contribution < -0.4 is 0 Å². The van der Waals surface area contributed by atoms with Gasteiger partial charge in [-0.15, -0.1) is 0 Å². The van der Waals surface area contributed by atoms with Gasteiger partial charge in [-0.1, -0.05) is 23.2 Å². The number of hydrogen-bond donors (Lipinski definition) is 0. The lowest BCUT2D eigenvalue weighted by atomic mass is 9.99. The number of aromatic nitrogens is 1.